The summed E-state index contributed by atoms with van der Waals surface area (Å²) in [5, 5.41) is 11.9. The van der Waals surface area contributed by atoms with Gasteiger partial charge in [0.1, 0.15) is 5.69 Å². The lowest BCUT2D eigenvalue weighted by molar-refractivity contribution is -0.255. The number of hydrogen-bond acceptors (Lipinski definition) is 8. The van der Waals surface area contributed by atoms with Crippen LogP contribution in [0.25, 0.3) is 11.8 Å². The summed E-state index contributed by atoms with van der Waals surface area (Å²) in [6.45, 7) is 1.72. The van der Waals surface area contributed by atoms with E-state index in [1.54, 1.807) is 30.8 Å². The Bertz CT molecular complexity index is 1460. The number of para-hydroxylation sites is 1. The minimum atomic E-state index is -1.49. The van der Waals surface area contributed by atoms with Gasteiger partial charge in [0.2, 0.25) is 0 Å². The van der Waals surface area contributed by atoms with Gasteiger partial charge in [-0.15, -0.1) is 0 Å². The van der Waals surface area contributed by atoms with E-state index < -0.39 is 17.4 Å². The molecule has 0 aliphatic carbocycles. The minimum Gasteiger partial charge on any atom is -0.545 e. The molecule has 0 radical (unpaired) electrons. The molecular formula is C24H20N3O6S2-. The fourth-order valence-corrected chi connectivity index (χ4v) is 5.15. The lowest BCUT2D eigenvalue weighted by Crippen LogP contribution is -2.33. The van der Waals surface area contributed by atoms with Gasteiger partial charge in [-0.2, -0.15) is 0 Å². The van der Waals surface area contributed by atoms with E-state index in [2.05, 4.69) is 0 Å². The summed E-state index contributed by atoms with van der Waals surface area (Å²) >= 11 is 6.42. The second-order valence-electron chi connectivity index (χ2n) is 7.48. The Balaban J connectivity index is 1.82. The van der Waals surface area contributed by atoms with E-state index in [1.165, 1.54) is 42.0 Å². The van der Waals surface area contributed by atoms with Gasteiger partial charge in [-0.1, -0.05) is 48.2 Å². The maximum atomic E-state index is 13.4. The molecular weight excluding hydrogens is 490 g/mol. The predicted octanol–water partition coefficient (Wildman–Crippen LogP) is 2.27. The van der Waals surface area contributed by atoms with Crippen LogP contribution in [0.15, 0.2) is 52.2 Å². The number of carbonyl (C=O) groups excluding carboxylic acids is 2. The number of methoxy groups -OCH3 is 2. The molecule has 1 aliphatic heterocycles. The highest BCUT2D eigenvalue weighted by Crippen LogP contribution is 2.39. The highest BCUT2D eigenvalue weighted by molar-refractivity contribution is 8.27. The number of carbonyl (C=O) groups is 2. The molecule has 9 nitrogen and oxygen atoms in total. The van der Waals surface area contributed by atoms with Crippen molar-refractivity contribution in [3.8, 4) is 17.2 Å². The Morgan fingerprint density at radius 3 is 2.37 bits per heavy atom. The molecule has 0 unspecified atom stereocenters. The van der Waals surface area contributed by atoms with Crippen molar-refractivity contribution in [2.24, 2.45) is 7.05 Å². The number of aromatic nitrogens is 2. The minimum absolute atomic E-state index is 0.0265. The molecule has 0 saturated carbocycles. The van der Waals surface area contributed by atoms with Crippen molar-refractivity contribution in [1.82, 2.24) is 9.36 Å². The Morgan fingerprint density at radius 2 is 1.77 bits per heavy atom. The summed E-state index contributed by atoms with van der Waals surface area (Å²) < 4.78 is 13.6. The number of anilines is 1. The summed E-state index contributed by atoms with van der Waals surface area (Å²) in [6.07, 6.45) is 1.39. The number of carboxylic acid groups (broad SMARTS) is 1. The monoisotopic (exact) mass is 510 g/mol. The van der Waals surface area contributed by atoms with Gasteiger partial charge in [-0.25, -0.2) is 4.68 Å². The summed E-state index contributed by atoms with van der Waals surface area (Å²) in [5.74, 6) is -1.85. The quantitative estimate of drug-likeness (QED) is 0.367. The number of carboxylic acids is 1. The van der Waals surface area contributed by atoms with E-state index in [4.69, 9.17) is 21.7 Å². The number of benzene rings is 2. The number of rotatable bonds is 6. The molecule has 2 heterocycles. The van der Waals surface area contributed by atoms with Crippen molar-refractivity contribution in [2.45, 2.75) is 6.92 Å². The van der Waals surface area contributed by atoms with Gasteiger partial charge < -0.3 is 19.4 Å². The summed E-state index contributed by atoms with van der Waals surface area (Å²) in [6, 6.07) is 12.0. The lowest BCUT2D eigenvalue weighted by Gasteiger charge is -2.16. The maximum Gasteiger partial charge on any atom is 0.296 e. The van der Waals surface area contributed by atoms with Crippen LogP contribution in [0.4, 0.5) is 5.69 Å². The Morgan fingerprint density at radius 1 is 1.09 bits per heavy atom. The van der Waals surface area contributed by atoms with Crippen molar-refractivity contribution in [1.29, 1.82) is 0 Å². The predicted molar refractivity (Wildman–Crippen MR) is 135 cm³/mol. The first-order chi connectivity index (χ1) is 16.7. The third kappa shape index (κ3) is 4.02. The van der Waals surface area contributed by atoms with Gasteiger partial charge in [0, 0.05) is 7.05 Å². The van der Waals surface area contributed by atoms with Crippen molar-refractivity contribution in [2.75, 3.05) is 19.1 Å². The molecule has 0 bridgehead atoms. The molecule has 1 aromatic heterocycles. The number of thioether (sulfide) groups is 1. The van der Waals surface area contributed by atoms with Crippen LogP contribution in [-0.2, 0) is 11.8 Å². The van der Waals surface area contributed by atoms with Crippen LogP contribution in [0.2, 0.25) is 0 Å². The van der Waals surface area contributed by atoms with E-state index >= 15 is 0 Å². The molecule has 1 amide bonds. The average molecular weight is 511 g/mol. The van der Waals surface area contributed by atoms with Crippen molar-refractivity contribution >= 4 is 51.9 Å². The van der Waals surface area contributed by atoms with Crippen LogP contribution in [-0.4, -0.2) is 39.8 Å². The molecule has 2 aromatic carbocycles. The SMILES string of the molecule is COc1ccc(C=C2SC(=S)N(c3c(C)n(C)n(-c4ccccc4)c3=O)C2=O)c(C(=O)[O-])c1OC. The number of hydrogen-bond donors (Lipinski definition) is 0. The molecule has 1 saturated heterocycles. The largest absolute Gasteiger partial charge is 0.545 e. The molecule has 11 heteroatoms. The summed E-state index contributed by atoms with van der Waals surface area (Å²) in [7, 11) is 4.41. The first kappa shape index (κ1) is 24.3. The number of ether oxygens (including phenoxy) is 2. The van der Waals surface area contributed by atoms with Crippen molar-refractivity contribution in [3.05, 3.63) is 74.5 Å². The highest BCUT2D eigenvalue weighted by atomic mass is 32.2. The number of thiocarbonyl (C=S) groups is 1. The molecule has 0 spiro atoms. The number of aromatic carboxylic acids is 1. The van der Waals surface area contributed by atoms with E-state index in [0.717, 1.165) is 11.8 Å². The second kappa shape index (κ2) is 9.43. The van der Waals surface area contributed by atoms with E-state index in [1.807, 2.05) is 18.2 Å². The third-order valence-electron chi connectivity index (χ3n) is 5.61. The zero-order valence-electron chi connectivity index (χ0n) is 19.2. The normalized spacial score (nSPS) is 14.6. The molecule has 35 heavy (non-hydrogen) atoms. The van der Waals surface area contributed by atoms with Crippen LogP contribution in [0.5, 0.6) is 11.5 Å². The third-order valence-corrected chi connectivity index (χ3v) is 6.91. The van der Waals surface area contributed by atoms with Crippen LogP contribution in [0.1, 0.15) is 21.6 Å². The van der Waals surface area contributed by atoms with Gasteiger partial charge in [0.05, 0.1) is 42.0 Å². The standard InChI is InChI=1S/C24H21N3O6S2/c1-13-19(22(29)27(25(13)2)15-8-6-5-7-9-15)26-21(28)17(35-24(26)34)12-14-10-11-16(32-3)20(33-4)18(14)23(30)31/h5-12H,1-4H3,(H,30,31)/p-1. The maximum absolute atomic E-state index is 13.4. The molecule has 1 fully saturated rings. The number of amides is 1. The van der Waals surface area contributed by atoms with Crippen molar-refractivity contribution in [3.63, 3.8) is 0 Å². The first-order valence-electron chi connectivity index (χ1n) is 10.3. The van der Waals surface area contributed by atoms with Gasteiger partial charge in [0.15, 0.2) is 15.8 Å². The Labute approximate surface area is 210 Å². The highest BCUT2D eigenvalue weighted by Gasteiger charge is 2.38. The number of nitrogens with zero attached hydrogens (tertiary/aromatic N) is 3. The van der Waals surface area contributed by atoms with Crippen LogP contribution >= 0.6 is 24.0 Å². The molecule has 3 aromatic rings. The van der Waals surface area contributed by atoms with E-state index in [9.17, 15) is 19.5 Å². The fraction of sp³-hybridized carbons (Fsp3) is 0.167. The molecule has 180 valence electrons. The van der Waals surface area contributed by atoms with Gasteiger partial charge in [-0.3, -0.25) is 19.2 Å². The van der Waals surface area contributed by atoms with Gasteiger partial charge in [-0.05, 0) is 36.8 Å². The van der Waals surface area contributed by atoms with Crippen LogP contribution < -0.4 is 25.0 Å². The first-order valence-corrected chi connectivity index (χ1v) is 11.5. The lowest BCUT2D eigenvalue weighted by atomic mass is 10.0. The Hall–Kier alpha value is -3.83. The average Bonchev–Trinajstić information content (AvgIpc) is 3.23. The molecule has 1 aliphatic rings. The van der Waals surface area contributed by atoms with Crippen molar-refractivity contribution < 1.29 is 24.2 Å². The summed E-state index contributed by atoms with van der Waals surface area (Å²) in [5.41, 5.74) is 0.816. The van der Waals surface area contributed by atoms with E-state index in [-0.39, 0.29) is 37.5 Å². The molecule has 4 rings (SSSR count). The fourth-order valence-electron chi connectivity index (χ4n) is 3.89. The van der Waals surface area contributed by atoms with Gasteiger partial charge in [0.25, 0.3) is 11.5 Å². The summed E-state index contributed by atoms with van der Waals surface area (Å²) in [4.78, 5) is 40.0. The van der Waals surface area contributed by atoms with E-state index in [0.29, 0.717) is 11.4 Å². The zero-order chi connectivity index (χ0) is 25.4. The molecule has 0 atom stereocenters. The Kier molecular flexibility index (Phi) is 6.55. The van der Waals surface area contributed by atoms with Crippen LogP contribution in [0.3, 0.4) is 0 Å². The smallest absolute Gasteiger partial charge is 0.296 e. The van der Waals surface area contributed by atoms with Gasteiger partial charge >= 0.3 is 0 Å². The second-order valence-corrected chi connectivity index (χ2v) is 9.16. The van der Waals surface area contributed by atoms with Crippen LogP contribution in [0, 0.1) is 6.92 Å². The topological polar surface area (TPSA) is 106 Å². The molecule has 0 N–H and O–H groups in total. The zero-order valence-corrected chi connectivity index (χ0v) is 20.9.